The molecule has 1 aromatic rings. The highest BCUT2D eigenvalue weighted by atomic mass is 19.1. The molecule has 0 aromatic heterocycles. The van der Waals surface area contributed by atoms with E-state index in [9.17, 15) is 14.0 Å². The van der Waals surface area contributed by atoms with Crippen molar-refractivity contribution in [3.05, 3.63) is 29.6 Å². The zero-order valence-electron chi connectivity index (χ0n) is 10.4. The van der Waals surface area contributed by atoms with E-state index in [2.05, 4.69) is 5.32 Å². The minimum atomic E-state index is -1.18. The molecule has 1 saturated heterocycles. The van der Waals surface area contributed by atoms with Gasteiger partial charge in [-0.3, -0.25) is 4.79 Å². The quantitative estimate of drug-likeness (QED) is 0.878. The number of aromatic carboxylic acids is 1. The molecule has 1 aliphatic rings. The Kier molecular flexibility index (Phi) is 3.80. The molecule has 1 aromatic carbocycles. The van der Waals surface area contributed by atoms with Crippen LogP contribution >= 0.6 is 0 Å². The predicted molar refractivity (Wildman–Crippen MR) is 65.6 cm³/mol. The Balaban J connectivity index is 2.12. The number of hydrogen-bond donors (Lipinski definition) is 2. The Bertz CT molecular complexity index is 517. The first-order valence-electron chi connectivity index (χ1n) is 5.96. The summed E-state index contributed by atoms with van der Waals surface area (Å²) in [5, 5.41) is 11.2. The molecule has 102 valence electrons. The number of rotatable bonds is 3. The summed E-state index contributed by atoms with van der Waals surface area (Å²) in [6, 6.07) is 3.24. The van der Waals surface area contributed by atoms with E-state index in [0.29, 0.717) is 6.42 Å². The van der Waals surface area contributed by atoms with Crippen molar-refractivity contribution >= 4 is 17.6 Å². The molecule has 2 unspecified atom stereocenters. The number of nitrogens with one attached hydrogen (secondary N) is 1. The smallest absolute Gasteiger partial charge is 0.335 e. The molecule has 1 aliphatic heterocycles. The molecule has 19 heavy (non-hydrogen) atoms. The van der Waals surface area contributed by atoms with E-state index in [4.69, 9.17) is 9.84 Å². The van der Waals surface area contributed by atoms with Crippen LogP contribution in [0.1, 0.15) is 30.1 Å². The summed E-state index contributed by atoms with van der Waals surface area (Å²) in [7, 11) is 0. The van der Waals surface area contributed by atoms with Crippen molar-refractivity contribution in [1.82, 2.24) is 0 Å². The fraction of sp³-hybridized carbons (Fsp3) is 0.385. The zero-order valence-corrected chi connectivity index (χ0v) is 10.4. The van der Waals surface area contributed by atoms with E-state index >= 15 is 0 Å². The Labute approximate surface area is 109 Å². The highest BCUT2D eigenvalue weighted by Crippen LogP contribution is 2.22. The fourth-order valence-electron chi connectivity index (χ4n) is 1.96. The third-order valence-corrected chi connectivity index (χ3v) is 3.00. The van der Waals surface area contributed by atoms with Crippen molar-refractivity contribution in [2.45, 2.75) is 32.0 Å². The van der Waals surface area contributed by atoms with E-state index in [1.807, 2.05) is 6.92 Å². The Hall–Kier alpha value is -1.95. The monoisotopic (exact) mass is 267 g/mol. The van der Waals surface area contributed by atoms with Gasteiger partial charge < -0.3 is 15.2 Å². The number of halogens is 1. The molecule has 2 rings (SSSR count). The molecule has 2 atom stereocenters. The van der Waals surface area contributed by atoms with E-state index in [1.165, 1.54) is 0 Å². The summed E-state index contributed by atoms with van der Waals surface area (Å²) in [6.45, 7) is 1.86. The standard InChI is InChI=1S/C13H14FNO4/c1-7-2-5-11(19-7)12(16)15-10-6-8(13(17)18)3-4-9(10)14/h3-4,6-7,11H,2,5H2,1H3,(H,15,16)(H,17,18). The van der Waals surface area contributed by atoms with Gasteiger partial charge in [0.05, 0.1) is 17.4 Å². The number of ether oxygens (including phenoxy) is 1. The van der Waals surface area contributed by atoms with Crippen LogP contribution in [0.25, 0.3) is 0 Å². The van der Waals surface area contributed by atoms with Crippen LogP contribution in [0, 0.1) is 5.82 Å². The van der Waals surface area contributed by atoms with E-state index in [-0.39, 0.29) is 17.4 Å². The number of carboxylic acids is 1. The first kappa shape index (κ1) is 13.5. The molecular weight excluding hydrogens is 253 g/mol. The van der Waals surface area contributed by atoms with Crippen molar-refractivity contribution in [3.63, 3.8) is 0 Å². The second-order valence-electron chi connectivity index (χ2n) is 4.50. The van der Waals surface area contributed by atoms with Crippen LogP contribution < -0.4 is 5.32 Å². The number of hydrogen-bond acceptors (Lipinski definition) is 3. The topological polar surface area (TPSA) is 75.6 Å². The maximum atomic E-state index is 13.5. The van der Waals surface area contributed by atoms with Gasteiger partial charge in [0.2, 0.25) is 0 Å². The molecule has 5 nitrogen and oxygen atoms in total. The first-order chi connectivity index (χ1) is 8.97. The maximum absolute atomic E-state index is 13.5. The second-order valence-corrected chi connectivity index (χ2v) is 4.50. The third-order valence-electron chi connectivity index (χ3n) is 3.00. The summed E-state index contributed by atoms with van der Waals surface area (Å²) < 4.78 is 18.9. The van der Waals surface area contributed by atoms with E-state index < -0.39 is 23.8 Å². The number of anilines is 1. The Morgan fingerprint density at radius 3 is 2.74 bits per heavy atom. The molecule has 1 heterocycles. The number of amides is 1. The lowest BCUT2D eigenvalue weighted by Crippen LogP contribution is -2.28. The second kappa shape index (κ2) is 5.36. The van der Waals surface area contributed by atoms with Gasteiger partial charge >= 0.3 is 5.97 Å². The number of benzene rings is 1. The van der Waals surface area contributed by atoms with Crippen LogP contribution in [0.15, 0.2) is 18.2 Å². The van der Waals surface area contributed by atoms with Crippen molar-refractivity contribution in [1.29, 1.82) is 0 Å². The summed E-state index contributed by atoms with van der Waals surface area (Å²) in [6.07, 6.45) is 0.747. The van der Waals surface area contributed by atoms with Crippen LogP contribution in [0.2, 0.25) is 0 Å². The lowest BCUT2D eigenvalue weighted by Gasteiger charge is -2.12. The van der Waals surface area contributed by atoms with Crippen LogP contribution in [-0.4, -0.2) is 29.2 Å². The lowest BCUT2D eigenvalue weighted by molar-refractivity contribution is -0.126. The Morgan fingerprint density at radius 2 is 2.16 bits per heavy atom. The van der Waals surface area contributed by atoms with Crippen molar-refractivity contribution < 1.29 is 23.8 Å². The molecule has 1 fully saturated rings. The van der Waals surface area contributed by atoms with Crippen LogP contribution in [0.4, 0.5) is 10.1 Å². The van der Waals surface area contributed by atoms with Gasteiger partial charge in [0.25, 0.3) is 5.91 Å². The molecule has 0 radical (unpaired) electrons. The van der Waals surface area contributed by atoms with Gasteiger partial charge in [-0.2, -0.15) is 0 Å². The summed E-state index contributed by atoms with van der Waals surface area (Å²) in [5.74, 6) is -2.31. The highest BCUT2D eigenvalue weighted by molar-refractivity contribution is 5.96. The SMILES string of the molecule is CC1CCC(C(=O)Nc2cc(C(=O)O)ccc2F)O1. The molecule has 0 bridgehead atoms. The average molecular weight is 267 g/mol. The summed E-state index contributed by atoms with van der Waals surface area (Å²) in [4.78, 5) is 22.6. The minimum absolute atomic E-state index is 0.00551. The van der Waals surface area contributed by atoms with Crippen LogP contribution in [-0.2, 0) is 9.53 Å². The normalized spacial score (nSPS) is 22.2. The van der Waals surface area contributed by atoms with Gasteiger partial charge in [-0.1, -0.05) is 0 Å². The number of carbonyl (C=O) groups excluding carboxylic acids is 1. The molecule has 2 N–H and O–H groups in total. The number of carboxylic acid groups (broad SMARTS) is 1. The van der Waals surface area contributed by atoms with Crippen molar-refractivity contribution in [2.75, 3.05) is 5.32 Å². The minimum Gasteiger partial charge on any atom is -0.478 e. The van der Waals surface area contributed by atoms with Crippen LogP contribution in [0.3, 0.4) is 0 Å². The molecule has 6 heteroatoms. The summed E-state index contributed by atoms with van der Waals surface area (Å²) >= 11 is 0. The average Bonchev–Trinajstić information content (AvgIpc) is 2.78. The molecule has 0 spiro atoms. The largest absolute Gasteiger partial charge is 0.478 e. The van der Waals surface area contributed by atoms with Gasteiger partial charge in [0.15, 0.2) is 0 Å². The van der Waals surface area contributed by atoms with Crippen LogP contribution in [0.5, 0.6) is 0 Å². The molecule has 1 amide bonds. The van der Waals surface area contributed by atoms with Crippen molar-refractivity contribution in [2.24, 2.45) is 0 Å². The predicted octanol–water partition coefficient (Wildman–Crippen LogP) is 2.03. The first-order valence-corrected chi connectivity index (χ1v) is 5.96. The van der Waals surface area contributed by atoms with Gasteiger partial charge in [-0.25, -0.2) is 9.18 Å². The zero-order chi connectivity index (χ0) is 14.0. The van der Waals surface area contributed by atoms with Crippen molar-refractivity contribution in [3.8, 4) is 0 Å². The maximum Gasteiger partial charge on any atom is 0.335 e. The highest BCUT2D eigenvalue weighted by Gasteiger charge is 2.28. The summed E-state index contributed by atoms with van der Waals surface area (Å²) in [5.41, 5.74) is -0.231. The van der Waals surface area contributed by atoms with Gasteiger partial charge in [0.1, 0.15) is 11.9 Å². The van der Waals surface area contributed by atoms with E-state index in [1.54, 1.807) is 0 Å². The molecule has 0 saturated carbocycles. The molecular formula is C13H14FNO4. The Morgan fingerprint density at radius 1 is 1.42 bits per heavy atom. The van der Waals surface area contributed by atoms with E-state index in [0.717, 1.165) is 24.6 Å². The van der Waals surface area contributed by atoms with Gasteiger partial charge in [-0.15, -0.1) is 0 Å². The van der Waals surface area contributed by atoms with Gasteiger partial charge in [0, 0.05) is 0 Å². The lowest BCUT2D eigenvalue weighted by atomic mass is 10.1. The third kappa shape index (κ3) is 3.08. The number of carbonyl (C=O) groups is 2. The fourth-order valence-corrected chi connectivity index (χ4v) is 1.96. The van der Waals surface area contributed by atoms with Gasteiger partial charge in [-0.05, 0) is 38.0 Å². The molecule has 0 aliphatic carbocycles.